The lowest BCUT2D eigenvalue weighted by Gasteiger charge is -2.27. The molecule has 2 amide bonds. The van der Waals surface area contributed by atoms with Crippen molar-refractivity contribution in [3.8, 4) is 0 Å². The Kier molecular flexibility index (Phi) is 8.72. The Hall–Kier alpha value is -3.21. The molecule has 0 aliphatic carbocycles. The molecule has 2 aromatic rings. The standard InChI is InChI=1S/C19H14F7N3O5S2/c1-10(30)27-11-3-2-4-12(7-11)28-16(31)9-36(34)15-6-5-13(8-14(15)29(32)33)35-19(25,26)17(20,21)18(22,23)24/h2-8H,9H2,1H3,(H,27,30)(H,28,31). The van der Waals surface area contributed by atoms with E-state index in [1.807, 2.05) is 0 Å². The van der Waals surface area contributed by atoms with Gasteiger partial charge in [-0.3, -0.25) is 23.9 Å². The monoisotopic (exact) mass is 561 g/mol. The minimum absolute atomic E-state index is 0.164. The predicted molar refractivity (Wildman–Crippen MR) is 116 cm³/mol. The highest BCUT2D eigenvalue weighted by Gasteiger charge is 2.73. The molecule has 0 heterocycles. The Morgan fingerprint density at radius 3 is 2.11 bits per heavy atom. The number of carbonyl (C=O) groups is 2. The molecule has 0 bridgehead atoms. The number of halogens is 7. The summed E-state index contributed by atoms with van der Waals surface area (Å²) in [6.45, 7) is 1.24. The third-order valence-electron chi connectivity index (χ3n) is 4.07. The van der Waals surface area contributed by atoms with Gasteiger partial charge in [-0.05, 0) is 42.1 Å². The number of nitrogens with one attached hydrogen (secondary N) is 2. The van der Waals surface area contributed by atoms with E-state index >= 15 is 0 Å². The minimum atomic E-state index is -6.59. The highest BCUT2D eigenvalue weighted by Crippen LogP contribution is 2.54. The van der Waals surface area contributed by atoms with Gasteiger partial charge in [0, 0.05) is 29.3 Å². The first-order chi connectivity index (χ1) is 16.4. The van der Waals surface area contributed by atoms with Gasteiger partial charge in [0.1, 0.15) is 10.6 Å². The summed E-state index contributed by atoms with van der Waals surface area (Å²) >= 11 is -1.26. The van der Waals surface area contributed by atoms with Gasteiger partial charge in [-0.2, -0.15) is 30.7 Å². The topological polar surface area (TPSA) is 118 Å². The van der Waals surface area contributed by atoms with Gasteiger partial charge >= 0.3 is 17.4 Å². The molecule has 0 spiro atoms. The van der Waals surface area contributed by atoms with Crippen molar-refractivity contribution in [1.82, 2.24) is 0 Å². The van der Waals surface area contributed by atoms with Crippen molar-refractivity contribution in [3.63, 3.8) is 0 Å². The molecule has 0 aliphatic heterocycles. The average molecular weight is 561 g/mol. The number of carbonyl (C=O) groups excluding carboxylic acids is 2. The van der Waals surface area contributed by atoms with Crippen LogP contribution < -0.4 is 10.6 Å². The number of hydrogen-bond acceptors (Lipinski definition) is 6. The number of rotatable bonds is 9. The van der Waals surface area contributed by atoms with Crippen molar-refractivity contribution in [2.75, 3.05) is 16.4 Å². The fraction of sp³-hybridized carbons (Fsp3) is 0.263. The van der Waals surface area contributed by atoms with E-state index in [1.54, 1.807) is 0 Å². The van der Waals surface area contributed by atoms with Crippen LogP contribution in [-0.2, 0) is 20.4 Å². The molecule has 2 rings (SSSR count). The largest absolute Gasteiger partial charge is 0.460 e. The summed E-state index contributed by atoms with van der Waals surface area (Å²) in [5.74, 6) is -8.61. The van der Waals surface area contributed by atoms with Gasteiger partial charge in [0.05, 0.1) is 15.7 Å². The first kappa shape index (κ1) is 29.0. The number of nitro groups is 1. The molecular formula is C19H14F7N3O5S2. The molecule has 36 heavy (non-hydrogen) atoms. The van der Waals surface area contributed by atoms with E-state index in [1.165, 1.54) is 31.2 Å². The third-order valence-corrected chi connectivity index (χ3v) is 6.43. The smallest absolute Gasteiger partial charge is 0.326 e. The number of thioether (sulfide) groups is 1. The van der Waals surface area contributed by atoms with Crippen molar-refractivity contribution in [3.05, 3.63) is 52.6 Å². The number of alkyl halides is 7. The Labute approximate surface area is 204 Å². The molecule has 0 aromatic heterocycles. The van der Waals surface area contributed by atoms with Crippen LogP contribution in [0.25, 0.3) is 0 Å². The van der Waals surface area contributed by atoms with E-state index in [0.717, 1.165) is 0 Å². The van der Waals surface area contributed by atoms with E-state index in [4.69, 9.17) is 0 Å². The maximum atomic E-state index is 13.6. The fourth-order valence-electron chi connectivity index (χ4n) is 2.54. The number of anilines is 2. The van der Waals surface area contributed by atoms with E-state index < -0.39 is 77.9 Å². The molecule has 2 N–H and O–H groups in total. The lowest BCUT2D eigenvalue weighted by Crippen LogP contribution is -2.49. The van der Waals surface area contributed by atoms with Crippen LogP contribution in [0, 0.1) is 10.1 Å². The predicted octanol–water partition coefficient (Wildman–Crippen LogP) is 5.18. The third kappa shape index (κ3) is 6.93. The van der Waals surface area contributed by atoms with Gasteiger partial charge in [-0.1, -0.05) is 6.07 Å². The van der Waals surface area contributed by atoms with Crippen molar-refractivity contribution < 1.29 is 49.5 Å². The van der Waals surface area contributed by atoms with Gasteiger partial charge in [-0.15, -0.1) is 0 Å². The van der Waals surface area contributed by atoms with Crippen LogP contribution in [0.1, 0.15) is 6.92 Å². The van der Waals surface area contributed by atoms with Crippen LogP contribution in [0.4, 0.5) is 47.8 Å². The Morgan fingerprint density at radius 2 is 1.58 bits per heavy atom. The van der Waals surface area contributed by atoms with Crippen molar-refractivity contribution >= 4 is 51.4 Å². The molecule has 17 heteroatoms. The number of nitro benzene ring substituents is 1. The lowest BCUT2D eigenvalue weighted by atomic mass is 10.2. The Morgan fingerprint density at radius 1 is 1.00 bits per heavy atom. The Bertz CT molecular complexity index is 1210. The molecule has 0 fully saturated rings. The fourth-order valence-corrected chi connectivity index (χ4v) is 4.44. The summed E-state index contributed by atoms with van der Waals surface area (Å²) in [5.41, 5.74) is -0.653. The zero-order chi connectivity index (χ0) is 27.5. The number of amides is 2. The van der Waals surface area contributed by atoms with Gasteiger partial charge in [0.2, 0.25) is 11.8 Å². The summed E-state index contributed by atoms with van der Waals surface area (Å²) in [6.07, 6.45) is -6.59. The zero-order valence-electron chi connectivity index (χ0n) is 17.7. The highest BCUT2D eigenvalue weighted by molar-refractivity contribution is 8.00. The Balaban J connectivity index is 2.22. The number of benzene rings is 2. The van der Waals surface area contributed by atoms with Crippen LogP contribution in [0.15, 0.2) is 52.3 Å². The second-order valence-corrected chi connectivity index (χ2v) is 9.49. The molecular weight excluding hydrogens is 547 g/mol. The number of nitrogens with zero attached hydrogens (tertiary/aromatic N) is 1. The molecule has 196 valence electrons. The van der Waals surface area contributed by atoms with Gasteiger partial charge in [0.25, 0.3) is 5.69 Å². The maximum absolute atomic E-state index is 13.6. The molecule has 0 radical (unpaired) electrons. The van der Waals surface area contributed by atoms with E-state index in [0.29, 0.717) is 17.8 Å². The average Bonchev–Trinajstić information content (AvgIpc) is 2.72. The van der Waals surface area contributed by atoms with Crippen molar-refractivity contribution in [1.29, 1.82) is 0 Å². The summed E-state index contributed by atoms with van der Waals surface area (Å²) in [4.78, 5) is 31.7. The van der Waals surface area contributed by atoms with Crippen molar-refractivity contribution in [2.24, 2.45) is 0 Å². The van der Waals surface area contributed by atoms with Crippen LogP contribution >= 0.6 is 11.8 Å². The minimum Gasteiger partial charge on any atom is -0.326 e. The second-order valence-electron chi connectivity index (χ2n) is 6.88. The molecule has 1 atom stereocenters. The molecule has 1 unspecified atom stereocenters. The molecule has 8 nitrogen and oxygen atoms in total. The summed E-state index contributed by atoms with van der Waals surface area (Å²) in [7, 11) is -2.44. The summed E-state index contributed by atoms with van der Waals surface area (Å²) < 4.78 is 103. The van der Waals surface area contributed by atoms with Crippen LogP contribution in [0.3, 0.4) is 0 Å². The van der Waals surface area contributed by atoms with Gasteiger partial charge < -0.3 is 10.6 Å². The maximum Gasteiger partial charge on any atom is 0.460 e. The molecule has 2 aromatic carbocycles. The molecule has 0 aliphatic rings. The first-order valence-corrected chi connectivity index (χ1v) is 11.4. The van der Waals surface area contributed by atoms with Crippen LogP contribution in [-0.4, -0.2) is 44.1 Å². The van der Waals surface area contributed by atoms with Gasteiger partial charge in [-0.25, -0.2) is 0 Å². The molecule has 0 saturated heterocycles. The highest BCUT2D eigenvalue weighted by atomic mass is 32.2. The van der Waals surface area contributed by atoms with Crippen LogP contribution in [0.2, 0.25) is 0 Å². The second kappa shape index (κ2) is 10.8. The van der Waals surface area contributed by atoms with Crippen LogP contribution in [0.5, 0.6) is 0 Å². The number of hydrogen-bond donors (Lipinski definition) is 2. The first-order valence-electron chi connectivity index (χ1n) is 9.30. The van der Waals surface area contributed by atoms with E-state index in [9.17, 15) is 54.6 Å². The SMILES string of the molecule is CC(=O)Nc1cccc(NC(=O)CS(=O)c2ccc(SC(F)(F)C(F)(F)C(F)(F)F)cc2[N+](=O)[O-])c1. The molecule has 0 saturated carbocycles. The quantitative estimate of drug-likeness (QED) is 0.189. The van der Waals surface area contributed by atoms with E-state index in [2.05, 4.69) is 10.6 Å². The van der Waals surface area contributed by atoms with E-state index in [-0.39, 0.29) is 11.8 Å². The lowest BCUT2D eigenvalue weighted by molar-refractivity contribution is -0.388. The normalized spacial score (nSPS) is 13.1. The van der Waals surface area contributed by atoms with Gasteiger partial charge in [0.15, 0.2) is 0 Å². The van der Waals surface area contributed by atoms with Crippen molar-refractivity contribution in [2.45, 2.75) is 34.1 Å². The zero-order valence-corrected chi connectivity index (χ0v) is 19.3. The summed E-state index contributed by atoms with van der Waals surface area (Å²) in [6, 6.07) is 7.16. The summed E-state index contributed by atoms with van der Waals surface area (Å²) in [5, 5.41) is 10.4.